The molecule has 150 valence electrons. The zero-order chi connectivity index (χ0) is 18.9. The third kappa shape index (κ3) is 3.81. The number of carbonyl (C=O) groups excluding carboxylic acids is 1. The zero-order valence-corrected chi connectivity index (χ0v) is 17.2. The molecule has 1 saturated carbocycles. The lowest BCUT2D eigenvalue weighted by Gasteiger charge is -2.42. The molecule has 1 aromatic heterocycles. The minimum Gasteiger partial charge on any atom is -0.330 e. The molecule has 6 nitrogen and oxygen atoms in total. The molecule has 0 radical (unpaired) electrons. The van der Waals surface area contributed by atoms with E-state index in [0.717, 1.165) is 42.9 Å². The first-order chi connectivity index (χ1) is 13.1. The molecule has 0 atom stereocenters. The van der Waals surface area contributed by atoms with Gasteiger partial charge in [0.15, 0.2) is 0 Å². The van der Waals surface area contributed by atoms with Gasteiger partial charge < -0.3 is 10.6 Å². The Morgan fingerprint density at radius 1 is 1.18 bits per heavy atom. The summed E-state index contributed by atoms with van der Waals surface area (Å²) < 4.78 is 0. The summed E-state index contributed by atoms with van der Waals surface area (Å²) >= 11 is 6.20. The molecule has 1 aromatic carbocycles. The standard InChI is InChI=1S/C20H24ClN5O.ClH/c21-16-3-1-2-15(10-16)20(13-22)6-4-17(5-7-20)25-8-9-26(19(25)27)18-11-23-14-24-12-18;/h1-3,10-12,14,17H,4-9,13,22H2;1H/t17-,20-;. The van der Waals surface area contributed by atoms with Crippen molar-refractivity contribution in [2.75, 3.05) is 24.5 Å². The van der Waals surface area contributed by atoms with Crippen LogP contribution < -0.4 is 10.6 Å². The first-order valence-corrected chi connectivity index (χ1v) is 9.80. The van der Waals surface area contributed by atoms with Crippen LogP contribution in [0.5, 0.6) is 0 Å². The minimum atomic E-state index is -0.0445. The van der Waals surface area contributed by atoms with Crippen LogP contribution >= 0.6 is 24.0 Å². The summed E-state index contributed by atoms with van der Waals surface area (Å²) in [5.41, 5.74) is 8.13. The van der Waals surface area contributed by atoms with E-state index in [1.807, 2.05) is 23.1 Å². The van der Waals surface area contributed by atoms with Crippen molar-refractivity contribution in [3.63, 3.8) is 0 Å². The predicted octanol–water partition coefficient (Wildman–Crippen LogP) is 3.63. The van der Waals surface area contributed by atoms with Gasteiger partial charge in [-0.25, -0.2) is 14.8 Å². The second-order valence-electron chi connectivity index (χ2n) is 7.45. The highest BCUT2D eigenvalue weighted by Gasteiger charge is 2.41. The SMILES string of the molecule is Cl.NC[C@]1(c2cccc(Cl)c2)CC[C@H](N2CCN(c3cncnc3)C2=O)CC1. The Labute approximate surface area is 176 Å². The number of carbonyl (C=O) groups is 1. The number of urea groups is 1. The van der Waals surface area contributed by atoms with Gasteiger partial charge in [-0.1, -0.05) is 23.7 Å². The average molecular weight is 422 g/mol. The Morgan fingerprint density at radius 3 is 2.54 bits per heavy atom. The van der Waals surface area contributed by atoms with Gasteiger partial charge in [-0.05, 0) is 43.4 Å². The molecule has 28 heavy (non-hydrogen) atoms. The molecule has 4 rings (SSSR count). The average Bonchev–Trinajstić information content (AvgIpc) is 3.10. The number of nitrogens with zero attached hydrogens (tertiary/aromatic N) is 4. The molecule has 8 heteroatoms. The van der Waals surface area contributed by atoms with Crippen molar-refractivity contribution < 1.29 is 4.79 Å². The van der Waals surface area contributed by atoms with E-state index in [1.165, 1.54) is 11.9 Å². The van der Waals surface area contributed by atoms with Gasteiger partial charge in [-0.15, -0.1) is 12.4 Å². The van der Waals surface area contributed by atoms with Crippen LogP contribution in [-0.4, -0.2) is 46.6 Å². The van der Waals surface area contributed by atoms with E-state index >= 15 is 0 Å². The normalized spacial score (nSPS) is 24.9. The molecule has 0 unspecified atom stereocenters. The number of halogens is 2. The first kappa shape index (κ1) is 20.8. The molecule has 2 fully saturated rings. The summed E-state index contributed by atoms with van der Waals surface area (Å²) in [7, 11) is 0. The van der Waals surface area contributed by atoms with Gasteiger partial charge in [-0.3, -0.25) is 4.90 Å². The Morgan fingerprint density at radius 2 is 1.89 bits per heavy atom. The molecule has 2 N–H and O–H groups in total. The monoisotopic (exact) mass is 421 g/mol. The van der Waals surface area contributed by atoms with Crippen molar-refractivity contribution >= 4 is 35.7 Å². The lowest BCUT2D eigenvalue weighted by atomic mass is 9.68. The summed E-state index contributed by atoms with van der Waals surface area (Å²) in [6.07, 6.45) is 8.69. The summed E-state index contributed by atoms with van der Waals surface area (Å²) in [6, 6.07) is 8.35. The van der Waals surface area contributed by atoms with Crippen LogP contribution in [0.4, 0.5) is 10.5 Å². The van der Waals surface area contributed by atoms with Crippen LogP contribution in [0.2, 0.25) is 5.02 Å². The predicted molar refractivity (Wildman–Crippen MR) is 113 cm³/mol. The van der Waals surface area contributed by atoms with Crippen LogP contribution in [0, 0.1) is 0 Å². The highest BCUT2D eigenvalue weighted by Crippen LogP contribution is 2.41. The molecule has 2 aliphatic rings. The van der Waals surface area contributed by atoms with Crippen molar-refractivity contribution in [3.8, 4) is 0 Å². The summed E-state index contributed by atoms with van der Waals surface area (Å²) in [5, 5.41) is 0.748. The Hall–Kier alpha value is -1.89. The van der Waals surface area contributed by atoms with Crippen LogP contribution in [-0.2, 0) is 5.41 Å². The van der Waals surface area contributed by atoms with E-state index in [4.69, 9.17) is 17.3 Å². The van der Waals surface area contributed by atoms with Crippen molar-refractivity contribution in [1.82, 2.24) is 14.9 Å². The molecule has 1 aliphatic carbocycles. The number of rotatable bonds is 4. The number of anilines is 1. The van der Waals surface area contributed by atoms with E-state index in [9.17, 15) is 4.79 Å². The number of hydrogen-bond donors (Lipinski definition) is 1. The molecule has 2 amide bonds. The molecule has 2 aromatic rings. The van der Waals surface area contributed by atoms with E-state index in [2.05, 4.69) is 16.0 Å². The maximum atomic E-state index is 12.9. The summed E-state index contributed by atoms with van der Waals surface area (Å²) in [5.74, 6) is 0. The topological polar surface area (TPSA) is 75.3 Å². The minimum absolute atomic E-state index is 0. The number of amides is 2. The Balaban J connectivity index is 0.00000225. The fourth-order valence-corrected chi connectivity index (χ4v) is 4.65. The molecular weight excluding hydrogens is 397 g/mol. The first-order valence-electron chi connectivity index (χ1n) is 9.42. The number of aromatic nitrogens is 2. The van der Waals surface area contributed by atoms with Gasteiger partial charge in [0.1, 0.15) is 6.33 Å². The molecule has 2 heterocycles. The third-order valence-electron chi connectivity index (χ3n) is 6.08. The van der Waals surface area contributed by atoms with E-state index in [-0.39, 0.29) is 29.9 Å². The highest BCUT2D eigenvalue weighted by atomic mass is 35.5. The number of hydrogen-bond acceptors (Lipinski definition) is 4. The van der Waals surface area contributed by atoms with Gasteiger partial charge in [-0.2, -0.15) is 0 Å². The summed E-state index contributed by atoms with van der Waals surface area (Å²) in [4.78, 5) is 24.7. The number of benzene rings is 1. The summed E-state index contributed by atoms with van der Waals surface area (Å²) in [6.45, 7) is 2.02. The van der Waals surface area contributed by atoms with Crippen LogP contribution in [0.25, 0.3) is 0 Å². The quantitative estimate of drug-likeness (QED) is 0.817. The number of nitrogens with two attached hydrogens (primary N) is 1. The van der Waals surface area contributed by atoms with Gasteiger partial charge in [0.2, 0.25) is 0 Å². The van der Waals surface area contributed by atoms with E-state index in [1.54, 1.807) is 17.3 Å². The lowest BCUT2D eigenvalue weighted by molar-refractivity contribution is 0.156. The van der Waals surface area contributed by atoms with Gasteiger partial charge in [0.25, 0.3) is 0 Å². The van der Waals surface area contributed by atoms with Crippen molar-refractivity contribution in [1.29, 1.82) is 0 Å². The molecule has 0 spiro atoms. The van der Waals surface area contributed by atoms with E-state index in [0.29, 0.717) is 13.1 Å². The largest absolute Gasteiger partial charge is 0.330 e. The van der Waals surface area contributed by atoms with Crippen molar-refractivity contribution in [3.05, 3.63) is 53.6 Å². The fourth-order valence-electron chi connectivity index (χ4n) is 4.46. The van der Waals surface area contributed by atoms with Crippen molar-refractivity contribution in [2.45, 2.75) is 37.1 Å². The van der Waals surface area contributed by atoms with Gasteiger partial charge in [0, 0.05) is 36.1 Å². The second kappa shape index (κ2) is 8.64. The van der Waals surface area contributed by atoms with Crippen molar-refractivity contribution in [2.24, 2.45) is 5.73 Å². The van der Waals surface area contributed by atoms with E-state index < -0.39 is 0 Å². The second-order valence-corrected chi connectivity index (χ2v) is 7.89. The van der Waals surface area contributed by atoms with Crippen LogP contribution in [0.1, 0.15) is 31.2 Å². The van der Waals surface area contributed by atoms with Gasteiger partial charge >= 0.3 is 6.03 Å². The molecule has 0 bridgehead atoms. The van der Waals surface area contributed by atoms with Crippen LogP contribution in [0.15, 0.2) is 43.0 Å². The maximum absolute atomic E-state index is 12.9. The van der Waals surface area contributed by atoms with Crippen LogP contribution in [0.3, 0.4) is 0 Å². The highest BCUT2D eigenvalue weighted by molar-refractivity contribution is 6.30. The fraction of sp³-hybridized carbons (Fsp3) is 0.450. The lowest BCUT2D eigenvalue weighted by Crippen LogP contribution is -2.46. The molecule has 1 aliphatic heterocycles. The third-order valence-corrected chi connectivity index (χ3v) is 6.32. The maximum Gasteiger partial charge on any atom is 0.324 e. The molecular formula is C20H25Cl2N5O. The van der Waals surface area contributed by atoms with Gasteiger partial charge in [0.05, 0.1) is 18.1 Å². The Bertz CT molecular complexity index is 811. The molecule has 1 saturated heterocycles. The Kier molecular flexibility index (Phi) is 6.43. The smallest absolute Gasteiger partial charge is 0.324 e. The zero-order valence-electron chi connectivity index (χ0n) is 15.6.